The van der Waals surface area contributed by atoms with E-state index >= 15 is 0 Å². The lowest BCUT2D eigenvalue weighted by Crippen LogP contribution is -2.14. The van der Waals surface area contributed by atoms with E-state index in [4.69, 9.17) is 0 Å². The van der Waals surface area contributed by atoms with Crippen molar-refractivity contribution >= 4 is 5.78 Å². The number of halogens is 1. The zero-order valence-corrected chi connectivity index (χ0v) is 9.73. The number of carbonyl (C=O) groups is 1. The van der Waals surface area contributed by atoms with Crippen LogP contribution in [0.1, 0.15) is 43.1 Å². The minimum atomic E-state index is -0.349. The summed E-state index contributed by atoms with van der Waals surface area (Å²) in [6, 6.07) is 4.35. The molecule has 1 nitrogen and oxygen atoms in total. The molecule has 82 valence electrons. The van der Waals surface area contributed by atoms with E-state index in [1.54, 1.807) is 6.07 Å². The molecule has 0 amide bonds. The van der Waals surface area contributed by atoms with Gasteiger partial charge < -0.3 is 0 Å². The van der Waals surface area contributed by atoms with Crippen molar-refractivity contribution in [3.05, 3.63) is 35.1 Å². The summed E-state index contributed by atoms with van der Waals surface area (Å²) in [5, 5.41) is 0. The number of benzene rings is 1. The zero-order chi connectivity index (χ0) is 11.6. The molecule has 2 heteroatoms. The average Bonchev–Trinajstić information content (AvgIpc) is 2.06. The van der Waals surface area contributed by atoms with Gasteiger partial charge in [0.25, 0.3) is 0 Å². The first kappa shape index (κ1) is 11.9. The minimum Gasteiger partial charge on any atom is -0.294 e. The van der Waals surface area contributed by atoms with Gasteiger partial charge in [-0.15, -0.1) is 0 Å². The lowest BCUT2D eigenvalue weighted by Gasteiger charge is -2.17. The molecule has 1 aromatic carbocycles. The van der Waals surface area contributed by atoms with Crippen LogP contribution in [0.4, 0.5) is 4.39 Å². The Morgan fingerprint density at radius 2 is 1.93 bits per heavy atom. The molecule has 0 atom stereocenters. The van der Waals surface area contributed by atoms with Crippen LogP contribution in [0.25, 0.3) is 0 Å². The second-order valence-electron chi connectivity index (χ2n) is 5.12. The molecule has 0 saturated carbocycles. The maximum Gasteiger partial charge on any atom is 0.163 e. The molecule has 0 spiro atoms. The van der Waals surface area contributed by atoms with Crippen LogP contribution in [0.15, 0.2) is 18.2 Å². The average molecular weight is 208 g/mol. The Labute approximate surface area is 90.3 Å². The van der Waals surface area contributed by atoms with Gasteiger partial charge in [-0.2, -0.15) is 0 Å². The van der Waals surface area contributed by atoms with E-state index in [9.17, 15) is 9.18 Å². The summed E-state index contributed by atoms with van der Waals surface area (Å²) in [7, 11) is 0. The summed E-state index contributed by atoms with van der Waals surface area (Å²) in [6.45, 7) is 7.83. The number of aryl methyl sites for hydroxylation is 1. The molecule has 0 bridgehead atoms. The molecule has 0 aromatic heterocycles. The zero-order valence-electron chi connectivity index (χ0n) is 9.73. The first-order valence-corrected chi connectivity index (χ1v) is 5.09. The predicted octanol–water partition coefficient (Wildman–Crippen LogP) is 3.75. The van der Waals surface area contributed by atoms with Crippen molar-refractivity contribution in [3.63, 3.8) is 0 Å². The second-order valence-corrected chi connectivity index (χ2v) is 5.12. The third kappa shape index (κ3) is 3.46. The van der Waals surface area contributed by atoms with Crippen LogP contribution >= 0.6 is 0 Å². The smallest absolute Gasteiger partial charge is 0.163 e. The molecule has 0 unspecified atom stereocenters. The van der Waals surface area contributed by atoms with Gasteiger partial charge >= 0.3 is 0 Å². The fraction of sp³-hybridized carbons (Fsp3) is 0.462. The molecule has 0 N–H and O–H groups in total. The van der Waals surface area contributed by atoms with Gasteiger partial charge in [-0.25, -0.2) is 4.39 Å². The van der Waals surface area contributed by atoms with Crippen LogP contribution in [0.5, 0.6) is 0 Å². The quantitative estimate of drug-likeness (QED) is 0.676. The summed E-state index contributed by atoms with van der Waals surface area (Å²) in [4.78, 5) is 11.9. The SMILES string of the molecule is Cc1ccc(F)cc1C(=O)CC(C)(C)C. The van der Waals surface area contributed by atoms with Crippen LogP contribution in [0, 0.1) is 18.2 Å². The van der Waals surface area contributed by atoms with E-state index in [1.165, 1.54) is 12.1 Å². The summed E-state index contributed by atoms with van der Waals surface area (Å²) in [6.07, 6.45) is 0.442. The van der Waals surface area contributed by atoms with Crippen LogP contribution in [0.2, 0.25) is 0 Å². The molecule has 0 saturated heterocycles. The van der Waals surface area contributed by atoms with Gasteiger partial charge in [0.05, 0.1) is 0 Å². The molecule has 0 aliphatic heterocycles. The molecule has 1 aromatic rings. The second kappa shape index (κ2) is 4.13. The fourth-order valence-corrected chi connectivity index (χ4v) is 1.47. The van der Waals surface area contributed by atoms with Gasteiger partial charge in [-0.3, -0.25) is 4.79 Å². The molecule has 1 rings (SSSR count). The Morgan fingerprint density at radius 3 is 2.47 bits per heavy atom. The standard InChI is InChI=1S/C13H17FO/c1-9-5-6-10(14)7-11(9)12(15)8-13(2,3)4/h5-7H,8H2,1-4H3. The summed E-state index contributed by atoms with van der Waals surface area (Å²) in [5.74, 6) is -0.336. The third-order valence-electron chi connectivity index (χ3n) is 2.19. The molecule has 0 aliphatic rings. The topological polar surface area (TPSA) is 17.1 Å². The van der Waals surface area contributed by atoms with E-state index < -0.39 is 0 Å². The van der Waals surface area contributed by atoms with Crippen molar-refractivity contribution in [2.75, 3.05) is 0 Å². The van der Waals surface area contributed by atoms with Crippen molar-refractivity contribution in [2.24, 2.45) is 5.41 Å². The molecule has 0 radical (unpaired) electrons. The molecule has 15 heavy (non-hydrogen) atoms. The van der Waals surface area contributed by atoms with Gasteiger partial charge in [0.15, 0.2) is 5.78 Å². The Morgan fingerprint density at radius 1 is 1.33 bits per heavy atom. The van der Waals surface area contributed by atoms with Crippen LogP contribution in [-0.4, -0.2) is 5.78 Å². The monoisotopic (exact) mass is 208 g/mol. The van der Waals surface area contributed by atoms with Gasteiger partial charge in [0.2, 0.25) is 0 Å². The normalized spacial score (nSPS) is 11.5. The Balaban J connectivity index is 2.96. The van der Waals surface area contributed by atoms with Gasteiger partial charge in [0.1, 0.15) is 5.82 Å². The van der Waals surface area contributed by atoms with E-state index in [0.717, 1.165) is 5.56 Å². The predicted molar refractivity (Wildman–Crippen MR) is 59.5 cm³/mol. The van der Waals surface area contributed by atoms with Crippen molar-refractivity contribution in [2.45, 2.75) is 34.1 Å². The number of carbonyl (C=O) groups excluding carboxylic acids is 1. The molecule has 0 heterocycles. The first-order valence-electron chi connectivity index (χ1n) is 5.09. The van der Waals surface area contributed by atoms with E-state index in [2.05, 4.69) is 0 Å². The minimum absolute atomic E-state index is 0.0134. The Hall–Kier alpha value is -1.18. The molecular formula is C13H17FO. The largest absolute Gasteiger partial charge is 0.294 e. The van der Waals surface area contributed by atoms with E-state index in [-0.39, 0.29) is 17.0 Å². The van der Waals surface area contributed by atoms with Crippen molar-refractivity contribution in [3.8, 4) is 0 Å². The third-order valence-corrected chi connectivity index (χ3v) is 2.19. The lowest BCUT2D eigenvalue weighted by atomic mass is 9.87. The maximum absolute atomic E-state index is 13.0. The van der Waals surface area contributed by atoms with E-state index in [1.807, 2.05) is 27.7 Å². The summed E-state index contributed by atoms with van der Waals surface area (Å²) >= 11 is 0. The van der Waals surface area contributed by atoms with Crippen molar-refractivity contribution in [1.82, 2.24) is 0 Å². The van der Waals surface area contributed by atoms with Crippen LogP contribution in [-0.2, 0) is 0 Å². The van der Waals surface area contributed by atoms with Crippen LogP contribution in [0.3, 0.4) is 0 Å². The first-order chi connectivity index (χ1) is 6.79. The van der Waals surface area contributed by atoms with Crippen molar-refractivity contribution in [1.29, 1.82) is 0 Å². The Bertz CT molecular complexity index is 375. The van der Waals surface area contributed by atoms with Crippen LogP contribution < -0.4 is 0 Å². The molecule has 0 fully saturated rings. The highest BCUT2D eigenvalue weighted by Crippen LogP contribution is 2.23. The molecule has 0 aliphatic carbocycles. The van der Waals surface area contributed by atoms with Crippen molar-refractivity contribution < 1.29 is 9.18 Å². The number of Topliss-reactive ketones (excluding diaryl/α,β-unsaturated/α-hetero) is 1. The number of hydrogen-bond donors (Lipinski definition) is 0. The number of rotatable bonds is 2. The number of hydrogen-bond acceptors (Lipinski definition) is 1. The highest BCUT2D eigenvalue weighted by molar-refractivity contribution is 5.97. The summed E-state index contributed by atoms with van der Waals surface area (Å²) in [5.41, 5.74) is 1.28. The highest BCUT2D eigenvalue weighted by Gasteiger charge is 2.18. The maximum atomic E-state index is 13.0. The van der Waals surface area contributed by atoms with Gasteiger partial charge in [-0.1, -0.05) is 26.8 Å². The lowest BCUT2D eigenvalue weighted by molar-refractivity contribution is 0.0939. The molecular weight excluding hydrogens is 191 g/mol. The highest BCUT2D eigenvalue weighted by atomic mass is 19.1. The Kier molecular flexibility index (Phi) is 3.28. The van der Waals surface area contributed by atoms with E-state index in [0.29, 0.717) is 12.0 Å². The van der Waals surface area contributed by atoms with Gasteiger partial charge in [0, 0.05) is 12.0 Å². The number of ketones is 1. The van der Waals surface area contributed by atoms with Gasteiger partial charge in [-0.05, 0) is 30.0 Å². The fourth-order valence-electron chi connectivity index (χ4n) is 1.47. The summed E-state index contributed by atoms with van der Waals surface area (Å²) < 4.78 is 13.0.